The van der Waals surface area contributed by atoms with Gasteiger partial charge in [0.1, 0.15) is 17.0 Å². The fourth-order valence-electron chi connectivity index (χ4n) is 2.48. The highest BCUT2D eigenvalue weighted by Gasteiger charge is 2.17. The van der Waals surface area contributed by atoms with Gasteiger partial charge in [0.05, 0.1) is 11.1 Å². The highest BCUT2D eigenvalue weighted by molar-refractivity contribution is 9.10. The molecule has 0 aliphatic rings. The molecule has 1 aromatic carbocycles. The summed E-state index contributed by atoms with van der Waals surface area (Å²) >= 11 is 4.71. The molecule has 25 heavy (non-hydrogen) atoms. The van der Waals surface area contributed by atoms with E-state index in [2.05, 4.69) is 36.4 Å². The predicted molar refractivity (Wildman–Crippen MR) is 99.7 cm³/mol. The second-order valence-electron chi connectivity index (χ2n) is 5.32. The number of nitrogens with one attached hydrogen (secondary N) is 1. The van der Waals surface area contributed by atoms with E-state index in [4.69, 9.17) is 4.42 Å². The average Bonchev–Trinajstić information content (AvgIpc) is 3.25. The normalized spacial score (nSPS) is 11.0. The third-order valence-corrected chi connectivity index (χ3v) is 4.69. The number of fused-ring (bicyclic) bond motifs is 1. The van der Waals surface area contributed by atoms with Crippen LogP contribution in [0.25, 0.3) is 22.4 Å². The molecule has 1 amide bonds. The number of halogens is 1. The lowest BCUT2D eigenvalue weighted by molar-refractivity contribution is 0.102. The topological polar surface area (TPSA) is 80.9 Å². The Morgan fingerprint density at radius 3 is 2.84 bits per heavy atom. The zero-order chi connectivity index (χ0) is 17.4. The molecule has 8 heteroatoms. The van der Waals surface area contributed by atoms with Gasteiger partial charge in [-0.25, -0.2) is 4.98 Å². The van der Waals surface area contributed by atoms with Crippen molar-refractivity contribution in [2.75, 3.05) is 5.32 Å². The molecule has 4 aromatic rings. The van der Waals surface area contributed by atoms with Crippen LogP contribution in [0.15, 0.2) is 50.8 Å². The Bertz CT molecular complexity index is 1080. The van der Waals surface area contributed by atoms with Crippen molar-refractivity contribution in [1.29, 1.82) is 0 Å². The monoisotopic (exact) mass is 414 g/mol. The number of carbonyl (C=O) groups excluding carboxylic acids is 1. The molecule has 0 aliphatic carbocycles. The quantitative estimate of drug-likeness (QED) is 0.526. The average molecular weight is 415 g/mol. The maximum atomic E-state index is 12.8. The number of furan rings is 1. The zero-order valence-electron chi connectivity index (χ0n) is 13.0. The lowest BCUT2D eigenvalue weighted by Crippen LogP contribution is -2.13. The molecule has 4 rings (SSSR count). The van der Waals surface area contributed by atoms with Crippen molar-refractivity contribution in [2.24, 2.45) is 0 Å². The van der Waals surface area contributed by atoms with E-state index in [1.807, 2.05) is 37.3 Å². The van der Waals surface area contributed by atoms with E-state index in [9.17, 15) is 4.79 Å². The molecule has 0 aliphatic heterocycles. The molecule has 0 fully saturated rings. The van der Waals surface area contributed by atoms with Crippen molar-refractivity contribution in [3.63, 3.8) is 0 Å². The van der Waals surface area contributed by atoms with Crippen LogP contribution < -0.4 is 5.32 Å². The fraction of sp³-hybridized carbons (Fsp3) is 0.0588. The molecule has 0 saturated heterocycles. The Balaban J connectivity index is 1.87. The summed E-state index contributed by atoms with van der Waals surface area (Å²) in [5.74, 6) is 1.13. The summed E-state index contributed by atoms with van der Waals surface area (Å²) in [7, 11) is 0. The van der Waals surface area contributed by atoms with Gasteiger partial charge in [0.2, 0.25) is 5.13 Å². The van der Waals surface area contributed by atoms with Crippen LogP contribution in [0.1, 0.15) is 16.1 Å². The number of aromatic nitrogens is 3. The molecular formula is C17H11BrN4O2S. The molecule has 0 atom stereocenters. The predicted octanol–water partition coefficient (Wildman–Crippen LogP) is 4.67. The highest BCUT2D eigenvalue weighted by Crippen LogP contribution is 2.28. The molecule has 1 N–H and O–H groups in total. The van der Waals surface area contributed by atoms with Crippen molar-refractivity contribution in [2.45, 2.75) is 6.92 Å². The number of nitrogens with zero attached hydrogens (tertiary/aromatic N) is 3. The first kappa shape index (κ1) is 15.9. The van der Waals surface area contributed by atoms with Gasteiger partial charge in [-0.3, -0.25) is 10.1 Å². The number of benzene rings is 1. The summed E-state index contributed by atoms with van der Waals surface area (Å²) in [5.41, 5.74) is 3.36. The third-order valence-electron chi connectivity index (χ3n) is 3.59. The molecule has 0 saturated carbocycles. The van der Waals surface area contributed by atoms with Crippen LogP contribution in [0.4, 0.5) is 5.13 Å². The van der Waals surface area contributed by atoms with Crippen LogP contribution in [0.2, 0.25) is 0 Å². The Morgan fingerprint density at radius 1 is 1.24 bits per heavy atom. The number of hydrogen-bond acceptors (Lipinski definition) is 6. The van der Waals surface area contributed by atoms with Crippen LogP contribution in [0.3, 0.4) is 0 Å². The summed E-state index contributed by atoms with van der Waals surface area (Å²) < 4.78 is 6.53. The standard InChI is InChI=1S/C17H11BrN4O2S/c1-9-2-5-15(24-9)14-7-12(16(23)21-17-22-19-8-25-17)11-6-10(18)3-4-13(11)20-14/h2-8H,1H3,(H,21,22,23). The molecule has 0 radical (unpaired) electrons. The molecule has 3 heterocycles. The van der Waals surface area contributed by atoms with Gasteiger partial charge in [-0.1, -0.05) is 27.3 Å². The first-order chi connectivity index (χ1) is 12.1. The molecule has 0 spiro atoms. The maximum Gasteiger partial charge on any atom is 0.258 e. The number of carbonyl (C=O) groups is 1. The number of amides is 1. The van der Waals surface area contributed by atoms with Crippen LogP contribution in [-0.4, -0.2) is 21.1 Å². The van der Waals surface area contributed by atoms with Crippen LogP contribution in [-0.2, 0) is 0 Å². The van der Waals surface area contributed by atoms with Gasteiger partial charge in [0.25, 0.3) is 5.91 Å². The Kier molecular flexibility index (Phi) is 4.06. The smallest absolute Gasteiger partial charge is 0.258 e. The lowest BCUT2D eigenvalue weighted by atomic mass is 10.1. The van der Waals surface area contributed by atoms with E-state index in [-0.39, 0.29) is 5.91 Å². The summed E-state index contributed by atoms with van der Waals surface area (Å²) in [4.78, 5) is 17.4. The van der Waals surface area contributed by atoms with Gasteiger partial charge < -0.3 is 4.42 Å². The van der Waals surface area contributed by atoms with Gasteiger partial charge in [-0.2, -0.15) is 0 Å². The summed E-state index contributed by atoms with van der Waals surface area (Å²) in [6.07, 6.45) is 0. The minimum Gasteiger partial charge on any atom is -0.460 e. The van der Waals surface area contributed by atoms with Crippen molar-refractivity contribution in [3.8, 4) is 11.5 Å². The minimum absolute atomic E-state index is 0.272. The van der Waals surface area contributed by atoms with Crippen LogP contribution in [0, 0.1) is 6.92 Å². The molecular weight excluding hydrogens is 404 g/mol. The van der Waals surface area contributed by atoms with Gasteiger partial charge in [-0.05, 0) is 43.3 Å². The summed E-state index contributed by atoms with van der Waals surface area (Å²) in [6.45, 7) is 1.87. The highest BCUT2D eigenvalue weighted by atomic mass is 79.9. The van der Waals surface area contributed by atoms with E-state index < -0.39 is 0 Å². The van der Waals surface area contributed by atoms with Crippen molar-refractivity contribution >= 4 is 49.2 Å². The third kappa shape index (κ3) is 3.18. The van der Waals surface area contributed by atoms with E-state index in [1.165, 1.54) is 11.3 Å². The Hall–Kier alpha value is -2.58. The SMILES string of the molecule is Cc1ccc(-c2cc(C(=O)Nc3nncs3)c3cc(Br)ccc3n2)o1. The van der Waals surface area contributed by atoms with E-state index in [0.29, 0.717) is 27.7 Å². The van der Waals surface area contributed by atoms with E-state index in [0.717, 1.165) is 15.6 Å². The minimum atomic E-state index is -0.272. The summed E-state index contributed by atoms with van der Waals surface area (Å²) in [6, 6.07) is 11.1. The Labute approximate surface area is 155 Å². The van der Waals surface area contributed by atoms with Crippen LogP contribution >= 0.6 is 27.3 Å². The molecule has 6 nitrogen and oxygen atoms in total. The number of rotatable bonds is 3. The second-order valence-corrected chi connectivity index (χ2v) is 7.07. The number of anilines is 1. The second kappa shape index (κ2) is 6.38. The molecule has 3 aromatic heterocycles. The number of hydrogen-bond donors (Lipinski definition) is 1. The largest absolute Gasteiger partial charge is 0.460 e. The lowest BCUT2D eigenvalue weighted by Gasteiger charge is -2.09. The number of pyridine rings is 1. The van der Waals surface area contributed by atoms with Gasteiger partial charge >= 0.3 is 0 Å². The van der Waals surface area contributed by atoms with E-state index in [1.54, 1.807) is 11.6 Å². The summed E-state index contributed by atoms with van der Waals surface area (Å²) in [5, 5.41) is 11.5. The van der Waals surface area contributed by atoms with Crippen LogP contribution in [0.5, 0.6) is 0 Å². The van der Waals surface area contributed by atoms with Gasteiger partial charge in [-0.15, -0.1) is 10.2 Å². The molecule has 0 unspecified atom stereocenters. The first-order valence-electron chi connectivity index (χ1n) is 7.35. The van der Waals surface area contributed by atoms with Gasteiger partial charge in [0.15, 0.2) is 5.76 Å². The molecule has 0 bridgehead atoms. The first-order valence-corrected chi connectivity index (χ1v) is 9.02. The zero-order valence-corrected chi connectivity index (χ0v) is 15.4. The fourth-order valence-corrected chi connectivity index (χ4v) is 3.28. The maximum absolute atomic E-state index is 12.8. The van der Waals surface area contributed by atoms with Crippen molar-refractivity contribution < 1.29 is 9.21 Å². The van der Waals surface area contributed by atoms with Crippen molar-refractivity contribution in [3.05, 3.63) is 57.7 Å². The van der Waals surface area contributed by atoms with Gasteiger partial charge in [0, 0.05) is 9.86 Å². The van der Waals surface area contributed by atoms with E-state index >= 15 is 0 Å². The van der Waals surface area contributed by atoms with Crippen molar-refractivity contribution in [1.82, 2.24) is 15.2 Å². The number of aryl methyl sites for hydroxylation is 1. The molecule has 124 valence electrons. The Morgan fingerprint density at radius 2 is 2.12 bits per heavy atom.